The molecule has 4 nitrogen and oxygen atoms in total. The van der Waals surface area contributed by atoms with E-state index in [9.17, 15) is 18.0 Å². The smallest absolute Gasteiger partial charge is 0.321 e. The van der Waals surface area contributed by atoms with Crippen LogP contribution >= 0.6 is 23.2 Å². The highest BCUT2D eigenvalue weighted by molar-refractivity contribution is 6.36. The maximum atomic E-state index is 12.6. The van der Waals surface area contributed by atoms with Crippen LogP contribution in [-0.2, 0) is 6.18 Å². The standard InChI is InChI=1S/C16H10Cl2F3N3O/c1-8-13(24-7-10(17)6-12(18)14(24)22-8)15(25)23-11-4-2-9(3-5-11)16(19,20)21/h2-7H,1H3,(H,23,25). The lowest BCUT2D eigenvalue weighted by Crippen LogP contribution is -2.16. The van der Waals surface area contributed by atoms with Crippen molar-refractivity contribution in [3.63, 3.8) is 0 Å². The summed E-state index contributed by atoms with van der Waals surface area (Å²) in [6.45, 7) is 1.62. The van der Waals surface area contributed by atoms with Gasteiger partial charge in [-0.3, -0.25) is 9.20 Å². The van der Waals surface area contributed by atoms with E-state index in [-0.39, 0.29) is 16.4 Å². The number of anilines is 1. The van der Waals surface area contributed by atoms with Gasteiger partial charge in [0, 0.05) is 11.9 Å². The van der Waals surface area contributed by atoms with Gasteiger partial charge in [-0.15, -0.1) is 0 Å². The second-order valence-electron chi connectivity index (χ2n) is 5.27. The molecule has 3 rings (SSSR count). The monoisotopic (exact) mass is 387 g/mol. The van der Waals surface area contributed by atoms with Crippen LogP contribution in [0.4, 0.5) is 18.9 Å². The van der Waals surface area contributed by atoms with Gasteiger partial charge in [-0.2, -0.15) is 13.2 Å². The fourth-order valence-corrected chi connectivity index (χ4v) is 2.91. The number of carbonyl (C=O) groups is 1. The van der Waals surface area contributed by atoms with Crippen LogP contribution in [0.2, 0.25) is 10.0 Å². The van der Waals surface area contributed by atoms with Gasteiger partial charge in [-0.25, -0.2) is 4.98 Å². The van der Waals surface area contributed by atoms with Crippen molar-refractivity contribution < 1.29 is 18.0 Å². The Bertz CT molecular complexity index is 965. The maximum Gasteiger partial charge on any atom is 0.416 e. The molecule has 2 heterocycles. The molecule has 0 atom stereocenters. The summed E-state index contributed by atoms with van der Waals surface area (Å²) >= 11 is 12.0. The van der Waals surface area contributed by atoms with Crippen molar-refractivity contribution in [2.45, 2.75) is 13.1 Å². The summed E-state index contributed by atoms with van der Waals surface area (Å²) in [6.07, 6.45) is -2.95. The third-order valence-corrected chi connectivity index (χ3v) is 3.99. The molecule has 0 unspecified atom stereocenters. The Morgan fingerprint density at radius 2 is 1.84 bits per heavy atom. The highest BCUT2D eigenvalue weighted by Crippen LogP contribution is 2.30. The predicted octanol–water partition coefficient (Wildman–Crippen LogP) is 5.22. The number of nitrogens with zero attached hydrogens (tertiary/aromatic N) is 2. The Morgan fingerprint density at radius 1 is 1.20 bits per heavy atom. The van der Waals surface area contributed by atoms with Gasteiger partial charge in [0.25, 0.3) is 5.91 Å². The highest BCUT2D eigenvalue weighted by atomic mass is 35.5. The Balaban J connectivity index is 1.94. The van der Waals surface area contributed by atoms with E-state index in [1.165, 1.54) is 28.8 Å². The number of fused-ring (bicyclic) bond motifs is 1. The van der Waals surface area contributed by atoms with Gasteiger partial charge in [-0.05, 0) is 37.3 Å². The van der Waals surface area contributed by atoms with Gasteiger partial charge in [0.1, 0.15) is 5.69 Å². The molecule has 0 saturated carbocycles. The van der Waals surface area contributed by atoms with Crippen molar-refractivity contribution in [2.75, 3.05) is 5.32 Å². The predicted molar refractivity (Wildman–Crippen MR) is 89.3 cm³/mol. The molecule has 2 aromatic heterocycles. The second-order valence-corrected chi connectivity index (χ2v) is 6.12. The van der Waals surface area contributed by atoms with E-state index < -0.39 is 17.6 Å². The number of aryl methyl sites for hydroxylation is 1. The Hall–Kier alpha value is -2.25. The van der Waals surface area contributed by atoms with E-state index in [4.69, 9.17) is 23.2 Å². The minimum atomic E-state index is -4.44. The fraction of sp³-hybridized carbons (Fsp3) is 0.125. The molecule has 130 valence electrons. The number of hydrogen-bond donors (Lipinski definition) is 1. The molecule has 25 heavy (non-hydrogen) atoms. The molecule has 1 N–H and O–H groups in total. The molecule has 0 radical (unpaired) electrons. The van der Waals surface area contributed by atoms with Crippen molar-refractivity contribution in [3.8, 4) is 0 Å². The highest BCUT2D eigenvalue weighted by Gasteiger charge is 2.30. The first-order valence-corrected chi connectivity index (χ1v) is 7.74. The molecule has 0 aliphatic carbocycles. The van der Waals surface area contributed by atoms with Crippen LogP contribution in [0.1, 0.15) is 21.7 Å². The molecule has 1 amide bonds. The topological polar surface area (TPSA) is 46.4 Å². The number of imidazole rings is 1. The lowest BCUT2D eigenvalue weighted by atomic mass is 10.2. The molecule has 0 aliphatic heterocycles. The first-order chi connectivity index (χ1) is 11.7. The summed E-state index contributed by atoms with van der Waals surface area (Å²) in [7, 11) is 0. The van der Waals surface area contributed by atoms with Crippen LogP contribution < -0.4 is 5.32 Å². The number of alkyl halides is 3. The molecule has 0 saturated heterocycles. The summed E-state index contributed by atoms with van der Waals surface area (Å²) in [5.41, 5.74) is 0.393. The lowest BCUT2D eigenvalue weighted by molar-refractivity contribution is -0.137. The quantitative estimate of drug-likeness (QED) is 0.654. The van der Waals surface area contributed by atoms with Crippen LogP contribution in [-0.4, -0.2) is 15.3 Å². The van der Waals surface area contributed by atoms with Crippen LogP contribution in [0.5, 0.6) is 0 Å². The molecule has 0 bridgehead atoms. The number of nitrogens with one attached hydrogen (secondary N) is 1. The van der Waals surface area contributed by atoms with Gasteiger partial charge < -0.3 is 5.32 Å². The van der Waals surface area contributed by atoms with Crippen molar-refractivity contribution in [1.29, 1.82) is 0 Å². The zero-order valence-corrected chi connectivity index (χ0v) is 14.2. The number of hydrogen-bond acceptors (Lipinski definition) is 2. The minimum Gasteiger partial charge on any atom is -0.321 e. The zero-order valence-electron chi connectivity index (χ0n) is 12.7. The van der Waals surface area contributed by atoms with Gasteiger partial charge in [0.2, 0.25) is 0 Å². The van der Waals surface area contributed by atoms with E-state index in [0.29, 0.717) is 16.4 Å². The number of pyridine rings is 1. The summed E-state index contributed by atoms with van der Waals surface area (Å²) in [6, 6.07) is 5.65. The number of amides is 1. The second kappa shape index (κ2) is 6.24. The maximum absolute atomic E-state index is 12.6. The summed E-state index contributed by atoms with van der Waals surface area (Å²) in [5, 5.41) is 3.14. The first kappa shape index (κ1) is 17.6. The lowest BCUT2D eigenvalue weighted by Gasteiger charge is -2.09. The Morgan fingerprint density at radius 3 is 2.44 bits per heavy atom. The molecule has 0 spiro atoms. The van der Waals surface area contributed by atoms with Crippen molar-refractivity contribution in [1.82, 2.24) is 9.38 Å². The molecule has 1 aromatic carbocycles. The Kier molecular flexibility index (Phi) is 4.38. The molecule has 9 heteroatoms. The summed E-state index contributed by atoms with van der Waals surface area (Å²) in [4.78, 5) is 16.8. The fourth-order valence-electron chi connectivity index (χ4n) is 2.39. The van der Waals surface area contributed by atoms with Gasteiger partial charge >= 0.3 is 6.18 Å². The first-order valence-electron chi connectivity index (χ1n) is 6.99. The van der Waals surface area contributed by atoms with E-state index in [1.807, 2.05) is 0 Å². The average Bonchev–Trinajstić information content (AvgIpc) is 2.83. The number of halogens is 5. The number of rotatable bonds is 2. The van der Waals surface area contributed by atoms with Gasteiger partial charge in [0.05, 0.1) is 21.3 Å². The summed E-state index contributed by atoms with van der Waals surface area (Å²) < 4.78 is 39.2. The third kappa shape index (κ3) is 3.43. The van der Waals surface area contributed by atoms with E-state index >= 15 is 0 Å². The molecular formula is C16H10Cl2F3N3O. The molecule has 3 aromatic rings. The largest absolute Gasteiger partial charge is 0.416 e. The Labute approximate surface area is 150 Å². The molecular weight excluding hydrogens is 378 g/mol. The average molecular weight is 388 g/mol. The van der Waals surface area contributed by atoms with Crippen LogP contribution in [0.25, 0.3) is 5.65 Å². The van der Waals surface area contributed by atoms with Crippen LogP contribution in [0, 0.1) is 6.92 Å². The van der Waals surface area contributed by atoms with Crippen molar-refractivity contribution in [3.05, 3.63) is 63.5 Å². The normalized spacial score (nSPS) is 11.8. The minimum absolute atomic E-state index is 0.194. The van der Waals surface area contributed by atoms with Gasteiger partial charge in [-0.1, -0.05) is 23.2 Å². The van der Waals surface area contributed by atoms with E-state index in [2.05, 4.69) is 10.3 Å². The van der Waals surface area contributed by atoms with Gasteiger partial charge in [0.15, 0.2) is 5.65 Å². The van der Waals surface area contributed by atoms with Crippen LogP contribution in [0.15, 0.2) is 36.5 Å². The molecule has 0 aliphatic rings. The van der Waals surface area contributed by atoms with E-state index in [1.54, 1.807) is 6.92 Å². The third-order valence-electron chi connectivity index (χ3n) is 3.50. The number of benzene rings is 1. The van der Waals surface area contributed by atoms with Crippen LogP contribution in [0.3, 0.4) is 0 Å². The van der Waals surface area contributed by atoms with Crippen molar-refractivity contribution >= 4 is 40.4 Å². The summed E-state index contributed by atoms with van der Waals surface area (Å²) in [5.74, 6) is -0.539. The molecule has 0 fully saturated rings. The number of aromatic nitrogens is 2. The number of carbonyl (C=O) groups excluding carboxylic acids is 1. The van der Waals surface area contributed by atoms with Crippen molar-refractivity contribution in [2.24, 2.45) is 0 Å². The SMILES string of the molecule is Cc1nc2c(Cl)cc(Cl)cn2c1C(=O)Nc1ccc(C(F)(F)F)cc1. The zero-order chi connectivity index (χ0) is 18.4. The van der Waals surface area contributed by atoms with E-state index in [0.717, 1.165) is 12.1 Å².